The summed E-state index contributed by atoms with van der Waals surface area (Å²) in [4.78, 5) is 20.4. The third-order valence-corrected chi connectivity index (χ3v) is 3.52. The van der Waals surface area contributed by atoms with Crippen LogP contribution in [0.4, 0.5) is 5.82 Å². The van der Waals surface area contributed by atoms with Gasteiger partial charge in [0.2, 0.25) is 0 Å². The molecule has 6 heteroatoms. The van der Waals surface area contributed by atoms with Gasteiger partial charge in [-0.05, 0) is 19.8 Å². The van der Waals surface area contributed by atoms with E-state index in [2.05, 4.69) is 20.6 Å². The fourth-order valence-electron chi connectivity index (χ4n) is 2.44. The van der Waals surface area contributed by atoms with E-state index < -0.39 is 6.10 Å². The number of amides is 1. The summed E-state index contributed by atoms with van der Waals surface area (Å²) in [7, 11) is 0. The van der Waals surface area contributed by atoms with E-state index in [1.165, 1.54) is 6.20 Å². The molecule has 1 aromatic heterocycles. The molecule has 20 heavy (non-hydrogen) atoms. The van der Waals surface area contributed by atoms with E-state index in [1.54, 1.807) is 6.20 Å². The average Bonchev–Trinajstić information content (AvgIpc) is 2.65. The van der Waals surface area contributed by atoms with E-state index >= 15 is 0 Å². The topological polar surface area (TPSA) is 87.1 Å². The lowest BCUT2D eigenvalue weighted by molar-refractivity contribution is 0.0814. The van der Waals surface area contributed by atoms with Crippen molar-refractivity contribution in [1.29, 1.82) is 0 Å². The maximum Gasteiger partial charge on any atom is 0.271 e. The van der Waals surface area contributed by atoms with Crippen LogP contribution in [-0.2, 0) is 0 Å². The Kier molecular flexibility index (Phi) is 5.29. The maximum atomic E-state index is 12.2. The summed E-state index contributed by atoms with van der Waals surface area (Å²) in [5.74, 6) is 0.310. The molecule has 1 amide bonds. The van der Waals surface area contributed by atoms with Crippen molar-refractivity contribution in [2.75, 3.05) is 11.9 Å². The molecule has 6 nitrogen and oxygen atoms in total. The molecular formula is C14H22N4O2. The summed E-state index contributed by atoms with van der Waals surface area (Å²) < 4.78 is 0. The van der Waals surface area contributed by atoms with Gasteiger partial charge in [-0.3, -0.25) is 9.78 Å². The van der Waals surface area contributed by atoms with Crippen molar-refractivity contribution >= 4 is 11.7 Å². The largest absolute Gasteiger partial charge is 0.391 e. The molecule has 110 valence electrons. The quantitative estimate of drug-likeness (QED) is 0.723. The van der Waals surface area contributed by atoms with Crippen LogP contribution in [0.15, 0.2) is 12.4 Å². The first-order chi connectivity index (χ1) is 9.70. The molecule has 1 aromatic rings. The minimum atomic E-state index is -0.466. The van der Waals surface area contributed by atoms with Crippen molar-refractivity contribution in [2.45, 2.75) is 51.2 Å². The van der Waals surface area contributed by atoms with Crippen molar-refractivity contribution in [1.82, 2.24) is 15.3 Å². The first kappa shape index (κ1) is 14.7. The lowest BCUT2D eigenvalue weighted by Crippen LogP contribution is -2.43. The standard InChI is InChI=1S/C14H22N4O2/c1-2-16-13-9-15-8-11(17-13)14(20)18-10-6-4-3-5-7-12(10)19/h8-10,12,19H,2-7H2,1H3,(H,16,17)(H,18,20). The molecule has 3 N–H and O–H groups in total. The SMILES string of the molecule is CCNc1cncc(C(=O)NC2CCCCCC2O)n1. The predicted octanol–water partition coefficient (Wildman–Crippen LogP) is 1.33. The Morgan fingerprint density at radius 1 is 1.35 bits per heavy atom. The predicted molar refractivity (Wildman–Crippen MR) is 76.5 cm³/mol. The zero-order chi connectivity index (χ0) is 14.4. The van der Waals surface area contributed by atoms with Gasteiger partial charge in [-0.2, -0.15) is 0 Å². The normalized spacial score (nSPS) is 22.9. The fraction of sp³-hybridized carbons (Fsp3) is 0.643. The molecule has 1 aliphatic carbocycles. The molecule has 0 radical (unpaired) electrons. The summed E-state index contributed by atoms with van der Waals surface area (Å²) in [5.41, 5.74) is 0.278. The number of nitrogens with one attached hydrogen (secondary N) is 2. The summed E-state index contributed by atoms with van der Waals surface area (Å²) in [6.07, 6.45) is 7.28. The fourth-order valence-corrected chi connectivity index (χ4v) is 2.44. The Labute approximate surface area is 119 Å². The lowest BCUT2D eigenvalue weighted by Gasteiger charge is -2.21. The summed E-state index contributed by atoms with van der Waals surface area (Å²) in [6, 6.07) is -0.186. The molecule has 1 heterocycles. The van der Waals surface area contributed by atoms with Crippen LogP contribution in [0.3, 0.4) is 0 Å². The van der Waals surface area contributed by atoms with Crippen LogP contribution in [0.1, 0.15) is 49.5 Å². The Hall–Kier alpha value is -1.69. The molecule has 2 rings (SSSR count). The molecule has 2 unspecified atom stereocenters. The number of hydrogen-bond acceptors (Lipinski definition) is 5. The van der Waals surface area contributed by atoms with Gasteiger partial charge in [0.25, 0.3) is 5.91 Å². The van der Waals surface area contributed by atoms with Gasteiger partial charge in [-0.25, -0.2) is 4.98 Å². The number of anilines is 1. The zero-order valence-corrected chi connectivity index (χ0v) is 11.8. The Morgan fingerprint density at radius 3 is 2.95 bits per heavy atom. The highest BCUT2D eigenvalue weighted by Gasteiger charge is 2.24. The van der Waals surface area contributed by atoms with Crippen LogP contribution < -0.4 is 10.6 Å². The minimum absolute atomic E-state index is 0.186. The van der Waals surface area contributed by atoms with Crippen molar-refractivity contribution in [3.05, 3.63) is 18.1 Å². The highest BCUT2D eigenvalue weighted by atomic mass is 16.3. The summed E-state index contributed by atoms with van der Waals surface area (Å²) >= 11 is 0. The Morgan fingerprint density at radius 2 is 2.15 bits per heavy atom. The second-order valence-electron chi connectivity index (χ2n) is 5.11. The smallest absolute Gasteiger partial charge is 0.271 e. The number of nitrogens with zero attached hydrogens (tertiary/aromatic N) is 2. The molecule has 1 saturated carbocycles. The molecule has 0 saturated heterocycles. The number of aliphatic hydroxyl groups excluding tert-OH is 1. The first-order valence-corrected chi connectivity index (χ1v) is 7.25. The minimum Gasteiger partial charge on any atom is -0.391 e. The van der Waals surface area contributed by atoms with E-state index in [4.69, 9.17) is 0 Å². The molecule has 1 fully saturated rings. The monoisotopic (exact) mass is 278 g/mol. The molecule has 0 bridgehead atoms. The molecule has 1 aliphatic rings. The lowest BCUT2D eigenvalue weighted by atomic mass is 10.1. The Bertz CT molecular complexity index is 453. The van der Waals surface area contributed by atoms with Gasteiger partial charge < -0.3 is 15.7 Å². The third kappa shape index (κ3) is 3.90. The van der Waals surface area contributed by atoms with Crippen LogP contribution in [0, 0.1) is 0 Å². The van der Waals surface area contributed by atoms with Crippen molar-refractivity contribution in [3.63, 3.8) is 0 Å². The van der Waals surface area contributed by atoms with Crippen molar-refractivity contribution in [2.24, 2.45) is 0 Å². The van der Waals surface area contributed by atoms with E-state index in [0.29, 0.717) is 5.82 Å². The highest BCUT2D eigenvalue weighted by Crippen LogP contribution is 2.18. The third-order valence-electron chi connectivity index (χ3n) is 3.52. The van der Waals surface area contributed by atoms with Gasteiger partial charge in [0, 0.05) is 6.54 Å². The van der Waals surface area contributed by atoms with Gasteiger partial charge in [-0.1, -0.05) is 19.3 Å². The van der Waals surface area contributed by atoms with E-state index in [0.717, 1.165) is 38.6 Å². The average molecular weight is 278 g/mol. The summed E-state index contributed by atoms with van der Waals surface area (Å²) in [6.45, 7) is 2.68. The van der Waals surface area contributed by atoms with E-state index in [-0.39, 0.29) is 17.6 Å². The van der Waals surface area contributed by atoms with Gasteiger partial charge >= 0.3 is 0 Å². The molecular weight excluding hydrogens is 256 g/mol. The van der Waals surface area contributed by atoms with E-state index in [9.17, 15) is 9.90 Å². The second-order valence-corrected chi connectivity index (χ2v) is 5.11. The van der Waals surface area contributed by atoms with Gasteiger partial charge in [0.05, 0.1) is 24.5 Å². The van der Waals surface area contributed by atoms with Gasteiger partial charge in [0.15, 0.2) is 0 Å². The first-order valence-electron chi connectivity index (χ1n) is 7.25. The Balaban J connectivity index is 2.01. The van der Waals surface area contributed by atoms with Crippen LogP contribution in [0.25, 0.3) is 0 Å². The van der Waals surface area contributed by atoms with Crippen LogP contribution in [0.5, 0.6) is 0 Å². The summed E-state index contributed by atoms with van der Waals surface area (Å²) in [5, 5.41) is 15.9. The van der Waals surface area contributed by atoms with Crippen LogP contribution in [-0.4, -0.2) is 39.7 Å². The van der Waals surface area contributed by atoms with Crippen molar-refractivity contribution in [3.8, 4) is 0 Å². The number of rotatable bonds is 4. The number of hydrogen-bond donors (Lipinski definition) is 3. The number of carbonyl (C=O) groups is 1. The number of aromatic nitrogens is 2. The van der Waals surface area contributed by atoms with Gasteiger partial charge in [-0.15, -0.1) is 0 Å². The molecule has 2 atom stereocenters. The van der Waals surface area contributed by atoms with E-state index in [1.807, 2.05) is 6.92 Å². The molecule has 0 spiro atoms. The number of carbonyl (C=O) groups excluding carboxylic acids is 1. The van der Waals surface area contributed by atoms with Crippen LogP contribution >= 0.6 is 0 Å². The van der Waals surface area contributed by atoms with Crippen LogP contribution in [0.2, 0.25) is 0 Å². The zero-order valence-electron chi connectivity index (χ0n) is 11.8. The second kappa shape index (κ2) is 7.19. The highest BCUT2D eigenvalue weighted by molar-refractivity contribution is 5.92. The molecule has 0 aliphatic heterocycles. The van der Waals surface area contributed by atoms with Gasteiger partial charge in [0.1, 0.15) is 11.5 Å². The number of aliphatic hydroxyl groups is 1. The maximum absolute atomic E-state index is 12.2. The van der Waals surface area contributed by atoms with Crippen molar-refractivity contribution < 1.29 is 9.90 Å². The molecule has 0 aromatic carbocycles.